The summed E-state index contributed by atoms with van der Waals surface area (Å²) in [4.78, 5) is -0.441. The van der Waals surface area contributed by atoms with Crippen molar-refractivity contribution < 1.29 is 26.1 Å². The van der Waals surface area contributed by atoms with Crippen molar-refractivity contribution in [1.29, 1.82) is 0 Å². The van der Waals surface area contributed by atoms with E-state index in [1.54, 1.807) is 32.0 Å². The molecule has 5 nitrogen and oxygen atoms in total. The summed E-state index contributed by atoms with van der Waals surface area (Å²) in [6.07, 6.45) is -4.62. The van der Waals surface area contributed by atoms with Gasteiger partial charge in [-0.2, -0.15) is 13.2 Å². The molecule has 0 saturated carbocycles. The zero-order chi connectivity index (χ0) is 20.5. The van der Waals surface area contributed by atoms with Crippen molar-refractivity contribution in [2.24, 2.45) is 0 Å². The zero-order valence-corrected chi connectivity index (χ0v) is 15.9. The second-order valence-electron chi connectivity index (χ2n) is 6.25. The lowest BCUT2D eigenvalue weighted by atomic mass is 10.0. The van der Waals surface area contributed by atoms with E-state index in [0.29, 0.717) is 23.1 Å². The third-order valence-electron chi connectivity index (χ3n) is 4.19. The first-order valence-corrected chi connectivity index (χ1v) is 9.75. The van der Waals surface area contributed by atoms with Gasteiger partial charge in [0.1, 0.15) is 5.76 Å². The van der Waals surface area contributed by atoms with Gasteiger partial charge in [-0.3, -0.25) is 0 Å². The molecular weight excluding hydrogens is 393 g/mol. The number of aryl methyl sites for hydroxylation is 2. The van der Waals surface area contributed by atoms with Crippen LogP contribution in [0.3, 0.4) is 0 Å². The van der Waals surface area contributed by atoms with E-state index in [2.05, 4.69) is 9.88 Å². The number of nitrogens with zero attached hydrogens (tertiary/aromatic N) is 1. The highest BCUT2D eigenvalue weighted by Gasteiger charge is 2.31. The Bertz CT molecular complexity index is 1090. The van der Waals surface area contributed by atoms with E-state index < -0.39 is 26.7 Å². The molecule has 0 radical (unpaired) electrons. The molecule has 28 heavy (non-hydrogen) atoms. The van der Waals surface area contributed by atoms with Crippen LogP contribution in [0, 0.1) is 13.8 Å². The summed E-state index contributed by atoms with van der Waals surface area (Å²) >= 11 is 0. The summed E-state index contributed by atoms with van der Waals surface area (Å²) in [5.41, 5.74) is 1.97. The number of benzene rings is 2. The number of hydrogen-bond donors (Lipinski definition) is 1. The number of sulfonamides is 1. The van der Waals surface area contributed by atoms with Crippen molar-refractivity contribution in [3.63, 3.8) is 0 Å². The molecule has 2 aromatic carbocycles. The number of halogens is 3. The highest BCUT2D eigenvalue weighted by molar-refractivity contribution is 7.89. The topological polar surface area (TPSA) is 72.2 Å². The maximum absolute atomic E-state index is 12.8. The van der Waals surface area contributed by atoms with Crippen LogP contribution >= 0.6 is 0 Å². The molecule has 0 atom stereocenters. The first-order valence-electron chi connectivity index (χ1n) is 8.27. The molecule has 3 aromatic rings. The smallest absolute Gasteiger partial charge is 0.361 e. The highest BCUT2D eigenvalue weighted by Crippen LogP contribution is 2.31. The molecule has 1 aromatic heterocycles. The minimum atomic E-state index is -4.62. The number of nitrogens with one attached hydrogen (secondary N) is 1. The van der Waals surface area contributed by atoms with Crippen molar-refractivity contribution in [3.05, 3.63) is 71.1 Å². The number of aromatic nitrogens is 1. The van der Waals surface area contributed by atoms with Gasteiger partial charge in [-0.05, 0) is 49.2 Å². The molecule has 0 fully saturated rings. The molecule has 1 N–H and O–H groups in total. The third kappa shape index (κ3) is 4.26. The first-order chi connectivity index (χ1) is 13.1. The first kappa shape index (κ1) is 20.1. The molecule has 148 valence electrons. The van der Waals surface area contributed by atoms with Gasteiger partial charge in [-0.25, -0.2) is 13.1 Å². The van der Waals surface area contributed by atoms with Crippen LogP contribution < -0.4 is 4.72 Å². The van der Waals surface area contributed by atoms with Gasteiger partial charge in [-0.1, -0.05) is 29.4 Å². The summed E-state index contributed by atoms with van der Waals surface area (Å²) in [7, 11) is -4.11. The van der Waals surface area contributed by atoms with Crippen LogP contribution in [0.2, 0.25) is 0 Å². The second kappa shape index (κ2) is 7.40. The fraction of sp³-hybridized carbons (Fsp3) is 0.211. The molecule has 0 bridgehead atoms. The predicted octanol–water partition coefficient (Wildman–Crippen LogP) is 4.46. The van der Waals surface area contributed by atoms with Crippen LogP contribution in [0.25, 0.3) is 11.1 Å². The normalized spacial score (nSPS) is 12.3. The van der Waals surface area contributed by atoms with Crippen LogP contribution in [-0.2, 0) is 22.7 Å². The number of rotatable bonds is 5. The highest BCUT2D eigenvalue weighted by atomic mass is 32.2. The molecule has 0 saturated heterocycles. The van der Waals surface area contributed by atoms with Gasteiger partial charge in [0, 0.05) is 12.1 Å². The minimum absolute atomic E-state index is 0.0736. The van der Waals surface area contributed by atoms with E-state index in [-0.39, 0.29) is 6.54 Å². The van der Waals surface area contributed by atoms with Crippen LogP contribution in [0.4, 0.5) is 13.2 Å². The lowest BCUT2D eigenvalue weighted by Gasteiger charge is -2.11. The molecule has 3 rings (SSSR count). The Morgan fingerprint density at radius 2 is 1.79 bits per heavy atom. The van der Waals surface area contributed by atoms with Crippen LogP contribution in [-0.4, -0.2) is 13.6 Å². The van der Waals surface area contributed by atoms with E-state index in [1.807, 2.05) is 6.07 Å². The SMILES string of the molecule is Cc1noc(C)c1-c1cccc(CNS(=O)(=O)c2cccc(C(F)(F)F)c2)c1. The maximum atomic E-state index is 12.8. The standard InChI is InChI=1S/C19H17F3N2O3S/c1-12-18(13(2)27-24-12)15-6-3-5-14(9-15)11-23-28(25,26)17-8-4-7-16(10-17)19(20,21)22/h3-10,23H,11H2,1-2H3. The Morgan fingerprint density at radius 1 is 1.07 bits per heavy atom. The molecule has 0 spiro atoms. The largest absolute Gasteiger partial charge is 0.416 e. The van der Waals surface area contributed by atoms with E-state index in [9.17, 15) is 21.6 Å². The van der Waals surface area contributed by atoms with Crippen molar-refractivity contribution >= 4 is 10.0 Å². The Labute approximate surface area is 160 Å². The quantitative estimate of drug-likeness (QED) is 0.674. The minimum Gasteiger partial charge on any atom is -0.361 e. The summed E-state index contributed by atoms with van der Waals surface area (Å²) in [5.74, 6) is 0.638. The van der Waals surface area contributed by atoms with Crippen LogP contribution in [0.5, 0.6) is 0 Å². The fourth-order valence-corrected chi connectivity index (χ4v) is 3.90. The van der Waals surface area contributed by atoms with Crippen LogP contribution in [0.15, 0.2) is 57.9 Å². The predicted molar refractivity (Wildman–Crippen MR) is 96.9 cm³/mol. The van der Waals surface area contributed by atoms with Crippen molar-refractivity contribution in [2.75, 3.05) is 0 Å². The summed E-state index contributed by atoms with van der Waals surface area (Å²) < 4.78 is 70.8. The van der Waals surface area contributed by atoms with E-state index in [0.717, 1.165) is 29.3 Å². The van der Waals surface area contributed by atoms with Gasteiger partial charge in [0.15, 0.2) is 0 Å². The number of alkyl halides is 3. The second-order valence-corrected chi connectivity index (χ2v) is 8.02. The Kier molecular flexibility index (Phi) is 5.31. The van der Waals surface area contributed by atoms with E-state index in [1.165, 1.54) is 0 Å². The van der Waals surface area contributed by atoms with E-state index >= 15 is 0 Å². The van der Waals surface area contributed by atoms with Gasteiger partial charge in [0.2, 0.25) is 10.0 Å². The molecule has 0 aliphatic carbocycles. The summed E-state index contributed by atoms with van der Waals surface area (Å²) in [6.45, 7) is 3.50. The molecule has 0 unspecified atom stereocenters. The van der Waals surface area contributed by atoms with Gasteiger partial charge >= 0.3 is 6.18 Å². The number of hydrogen-bond acceptors (Lipinski definition) is 4. The average Bonchev–Trinajstić information content (AvgIpc) is 2.98. The van der Waals surface area contributed by atoms with Gasteiger partial charge in [0.25, 0.3) is 0 Å². The van der Waals surface area contributed by atoms with Gasteiger partial charge < -0.3 is 4.52 Å². The molecular formula is C19H17F3N2O3S. The molecule has 9 heteroatoms. The average molecular weight is 410 g/mol. The molecule has 0 amide bonds. The Morgan fingerprint density at radius 3 is 2.43 bits per heavy atom. The fourth-order valence-electron chi connectivity index (χ4n) is 2.83. The van der Waals surface area contributed by atoms with Gasteiger partial charge in [0.05, 0.1) is 16.2 Å². The van der Waals surface area contributed by atoms with E-state index in [4.69, 9.17) is 4.52 Å². The Balaban J connectivity index is 1.82. The molecule has 0 aliphatic heterocycles. The van der Waals surface area contributed by atoms with Crippen LogP contribution in [0.1, 0.15) is 22.6 Å². The van der Waals surface area contributed by atoms with Gasteiger partial charge in [-0.15, -0.1) is 0 Å². The maximum Gasteiger partial charge on any atom is 0.416 e. The Hall–Kier alpha value is -2.65. The van der Waals surface area contributed by atoms with Crippen molar-refractivity contribution in [3.8, 4) is 11.1 Å². The zero-order valence-electron chi connectivity index (χ0n) is 15.0. The molecule has 1 heterocycles. The summed E-state index contributed by atoms with van der Waals surface area (Å²) in [6, 6.07) is 10.7. The molecule has 0 aliphatic rings. The summed E-state index contributed by atoms with van der Waals surface area (Å²) in [5, 5.41) is 3.90. The van der Waals surface area contributed by atoms with Crippen molar-refractivity contribution in [1.82, 2.24) is 9.88 Å². The lowest BCUT2D eigenvalue weighted by Crippen LogP contribution is -2.23. The monoisotopic (exact) mass is 410 g/mol. The third-order valence-corrected chi connectivity index (χ3v) is 5.59. The lowest BCUT2D eigenvalue weighted by molar-refractivity contribution is -0.137. The van der Waals surface area contributed by atoms with Crippen molar-refractivity contribution in [2.45, 2.75) is 31.5 Å².